The number of benzene rings is 1. The molecular weight excluding hydrogens is 600 g/mol. The van der Waals surface area contributed by atoms with Gasteiger partial charge in [-0.3, -0.25) is 24.1 Å². The Kier molecular flexibility index (Phi) is 6.61. The number of imide groups is 1. The summed E-state index contributed by atoms with van der Waals surface area (Å²) in [5.41, 5.74) is 1.59. The number of esters is 1. The van der Waals surface area contributed by atoms with E-state index >= 15 is 0 Å². The summed E-state index contributed by atoms with van der Waals surface area (Å²) in [6, 6.07) is 5.49. The molecule has 1 aromatic rings. The number of ether oxygens (including phenoxy) is 1. The number of anilines is 1. The molecule has 1 aromatic carbocycles. The Labute approximate surface area is 205 Å². The number of nitrogens with one attached hydrogen (secondary N) is 1. The molecule has 1 saturated heterocycles. The lowest BCUT2D eigenvalue weighted by molar-refractivity contribution is -0.154. The summed E-state index contributed by atoms with van der Waals surface area (Å²) in [6.07, 6.45) is 1.55. The normalized spacial score (nSPS) is 31.2. The van der Waals surface area contributed by atoms with Crippen LogP contribution in [0.25, 0.3) is 0 Å². The SMILES string of the molecule is CCc1cc(Br)ccc1NC(=O)COC(=O)CN1C(=O)[C@@H]2[C@H]3C[C@@H]([C@@H](Br)[C@H]3Br)[C@H]2C1=O. The molecule has 7 nitrogen and oxygen atoms in total. The van der Waals surface area contributed by atoms with Crippen molar-refractivity contribution in [3.8, 4) is 0 Å². The first-order chi connectivity index (χ1) is 14.7. The van der Waals surface area contributed by atoms with Gasteiger partial charge in [0.1, 0.15) is 6.54 Å². The topological polar surface area (TPSA) is 92.8 Å². The maximum absolute atomic E-state index is 12.8. The van der Waals surface area contributed by atoms with E-state index in [1.807, 2.05) is 19.1 Å². The summed E-state index contributed by atoms with van der Waals surface area (Å²) in [7, 11) is 0. The molecule has 0 radical (unpaired) electrons. The maximum Gasteiger partial charge on any atom is 0.326 e. The standard InChI is InChI=1S/C21H21Br3N2O5/c1-2-9-5-10(22)3-4-13(9)25-14(27)8-31-15(28)7-26-20(29)16-11-6-12(17(16)21(26)30)19(24)18(11)23/h3-5,11-12,16-19H,2,6-8H2,1H3,(H,25,27)/t11-,12-,16-,17-,18-,19+/m1/s1. The van der Waals surface area contributed by atoms with Gasteiger partial charge in [0.05, 0.1) is 11.8 Å². The first kappa shape index (κ1) is 22.9. The molecule has 1 heterocycles. The minimum Gasteiger partial charge on any atom is -0.454 e. The Morgan fingerprint density at radius 2 is 1.74 bits per heavy atom. The zero-order valence-electron chi connectivity index (χ0n) is 16.6. The van der Waals surface area contributed by atoms with Crippen molar-refractivity contribution in [2.75, 3.05) is 18.5 Å². The van der Waals surface area contributed by atoms with Crippen molar-refractivity contribution in [1.82, 2.24) is 4.90 Å². The second-order valence-electron chi connectivity index (χ2n) is 8.13. The second-order valence-corrected chi connectivity index (χ2v) is 11.2. The number of hydrogen-bond acceptors (Lipinski definition) is 5. The Bertz CT molecular complexity index is 923. The van der Waals surface area contributed by atoms with E-state index in [1.165, 1.54) is 0 Å². The molecule has 0 spiro atoms. The van der Waals surface area contributed by atoms with Gasteiger partial charge in [-0.25, -0.2) is 0 Å². The van der Waals surface area contributed by atoms with Crippen LogP contribution in [-0.4, -0.2) is 51.4 Å². The van der Waals surface area contributed by atoms with E-state index in [2.05, 4.69) is 53.1 Å². The lowest BCUT2D eigenvalue weighted by atomic mass is 9.81. The number of hydrogen-bond donors (Lipinski definition) is 1. The first-order valence-electron chi connectivity index (χ1n) is 10.1. The minimum atomic E-state index is -0.776. The summed E-state index contributed by atoms with van der Waals surface area (Å²) in [6.45, 7) is 1.02. The number of amides is 3. The van der Waals surface area contributed by atoms with Crippen molar-refractivity contribution in [1.29, 1.82) is 0 Å². The van der Waals surface area contributed by atoms with Crippen LogP contribution in [-0.2, 0) is 30.3 Å². The third-order valence-electron chi connectivity index (χ3n) is 6.45. The van der Waals surface area contributed by atoms with Crippen molar-refractivity contribution in [3.05, 3.63) is 28.2 Å². The van der Waals surface area contributed by atoms with Crippen LogP contribution in [0.3, 0.4) is 0 Å². The van der Waals surface area contributed by atoms with Crippen LogP contribution in [0, 0.1) is 23.7 Å². The predicted molar refractivity (Wildman–Crippen MR) is 124 cm³/mol. The van der Waals surface area contributed by atoms with E-state index in [4.69, 9.17) is 4.74 Å². The van der Waals surface area contributed by atoms with Crippen molar-refractivity contribution >= 4 is 77.2 Å². The van der Waals surface area contributed by atoms with E-state index in [0.717, 1.165) is 27.8 Å². The number of alkyl halides is 2. The van der Waals surface area contributed by atoms with E-state index < -0.39 is 25.0 Å². The van der Waals surface area contributed by atoms with Gasteiger partial charge < -0.3 is 10.1 Å². The Balaban J connectivity index is 1.32. The maximum atomic E-state index is 12.8. The molecule has 31 heavy (non-hydrogen) atoms. The van der Waals surface area contributed by atoms with Crippen LogP contribution < -0.4 is 5.32 Å². The number of carbonyl (C=O) groups excluding carboxylic acids is 4. The van der Waals surface area contributed by atoms with Crippen molar-refractivity contribution in [3.63, 3.8) is 0 Å². The summed E-state index contributed by atoms with van der Waals surface area (Å²) in [5.74, 6) is -2.47. The first-order valence-corrected chi connectivity index (χ1v) is 12.7. The third-order valence-corrected chi connectivity index (χ3v) is 10.2. The van der Waals surface area contributed by atoms with Gasteiger partial charge in [-0.1, -0.05) is 54.7 Å². The number of halogens is 3. The fourth-order valence-electron chi connectivity index (χ4n) is 5.05. The summed E-state index contributed by atoms with van der Waals surface area (Å²) in [5, 5.41) is 2.72. The van der Waals surface area contributed by atoms with Crippen LogP contribution in [0.1, 0.15) is 18.9 Å². The van der Waals surface area contributed by atoms with Crippen molar-refractivity contribution in [2.24, 2.45) is 23.7 Å². The molecule has 3 fully saturated rings. The monoisotopic (exact) mass is 618 g/mol. The van der Waals surface area contributed by atoms with Gasteiger partial charge in [0.25, 0.3) is 5.91 Å². The van der Waals surface area contributed by atoms with E-state index in [0.29, 0.717) is 5.69 Å². The smallest absolute Gasteiger partial charge is 0.326 e. The molecule has 0 unspecified atom stereocenters. The van der Waals surface area contributed by atoms with Gasteiger partial charge in [0.15, 0.2) is 6.61 Å². The highest BCUT2D eigenvalue weighted by atomic mass is 79.9. The minimum absolute atomic E-state index is 0.0845. The number of aryl methyl sites for hydroxylation is 1. The lowest BCUT2D eigenvalue weighted by Gasteiger charge is -2.28. The van der Waals surface area contributed by atoms with Gasteiger partial charge in [-0.05, 0) is 48.4 Å². The third kappa shape index (κ3) is 4.11. The second kappa shape index (κ2) is 8.94. The fourth-order valence-corrected chi connectivity index (χ4v) is 7.33. The molecule has 1 aliphatic heterocycles. The molecular formula is C21H21Br3N2O5. The molecule has 2 saturated carbocycles. The number of carbonyl (C=O) groups is 4. The number of nitrogens with zero attached hydrogens (tertiary/aromatic N) is 1. The molecule has 4 rings (SSSR count). The van der Waals surface area contributed by atoms with E-state index in [-0.39, 0.29) is 45.1 Å². The highest BCUT2D eigenvalue weighted by molar-refractivity contribution is 9.12. The summed E-state index contributed by atoms with van der Waals surface area (Å²) in [4.78, 5) is 51.4. The number of likely N-dealkylation sites (tertiary alicyclic amines) is 1. The van der Waals surface area contributed by atoms with Crippen LogP contribution in [0.4, 0.5) is 5.69 Å². The van der Waals surface area contributed by atoms with E-state index in [1.54, 1.807) is 6.07 Å². The fraction of sp³-hybridized carbons (Fsp3) is 0.524. The zero-order valence-corrected chi connectivity index (χ0v) is 21.4. The number of fused-ring (bicyclic) bond motifs is 5. The van der Waals surface area contributed by atoms with Crippen molar-refractivity contribution < 1.29 is 23.9 Å². The van der Waals surface area contributed by atoms with E-state index in [9.17, 15) is 19.2 Å². The average molecular weight is 621 g/mol. The van der Waals surface area contributed by atoms with Gasteiger partial charge in [0.2, 0.25) is 11.8 Å². The van der Waals surface area contributed by atoms with Crippen molar-refractivity contribution in [2.45, 2.75) is 29.4 Å². The summed E-state index contributed by atoms with van der Waals surface area (Å²) < 4.78 is 5.95. The Morgan fingerprint density at radius 3 is 2.32 bits per heavy atom. The Morgan fingerprint density at radius 1 is 1.13 bits per heavy atom. The van der Waals surface area contributed by atoms with Gasteiger partial charge in [-0.15, -0.1) is 0 Å². The lowest BCUT2D eigenvalue weighted by Crippen LogP contribution is -2.38. The zero-order chi connectivity index (χ0) is 22.4. The molecule has 1 N–H and O–H groups in total. The molecule has 3 amide bonds. The molecule has 3 aliphatic rings. The summed E-state index contributed by atoms with van der Waals surface area (Å²) >= 11 is 10.7. The van der Waals surface area contributed by atoms with Gasteiger partial charge in [0, 0.05) is 19.8 Å². The quantitative estimate of drug-likeness (QED) is 0.300. The molecule has 6 atom stereocenters. The van der Waals surface area contributed by atoms with Gasteiger partial charge >= 0.3 is 5.97 Å². The molecule has 2 bridgehead atoms. The van der Waals surface area contributed by atoms with Crippen LogP contribution in [0.15, 0.2) is 22.7 Å². The highest BCUT2D eigenvalue weighted by Crippen LogP contribution is 2.60. The molecule has 166 valence electrons. The molecule has 10 heteroatoms. The number of rotatable bonds is 6. The van der Waals surface area contributed by atoms with Crippen LogP contribution in [0.5, 0.6) is 0 Å². The Hall–Kier alpha value is -1.26. The molecule has 2 aliphatic carbocycles. The van der Waals surface area contributed by atoms with Crippen LogP contribution in [0.2, 0.25) is 0 Å². The molecule has 0 aromatic heterocycles. The largest absolute Gasteiger partial charge is 0.454 e. The highest BCUT2D eigenvalue weighted by Gasteiger charge is 2.66. The average Bonchev–Trinajstić information content (AvgIpc) is 3.34. The predicted octanol–water partition coefficient (Wildman–Crippen LogP) is 3.27. The van der Waals surface area contributed by atoms with Crippen LogP contribution >= 0.6 is 47.8 Å². The van der Waals surface area contributed by atoms with Gasteiger partial charge in [-0.2, -0.15) is 0 Å².